The molecule has 4 unspecified atom stereocenters. The summed E-state index contributed by atoms with van der Waals surface area (Å²) in [7, 11) is 0. The van der Waals surface area contributed by atoms with Gasteiger partial charge in [0, 0.05) is 37.3 Å². The van der Waals surface area contributed by atoms with Crippen LogP contribution in [0, 0.1) is 30.6 Å². The highest BCUT2D eigenvalue weighted by molar-refractivity contribution is 7.09. The van der Waals surface area contributed by atoms with Crippen LogP contribution in [0.4, 0.5) is 0 Å². The Hall–Kier alpha value is -2.22. The zero-order valence-electron chi connectivity index (χ0n) is 17.8. The van der Waals surface area contributed by atoms with Crippen molar-refractivity contribution in [2.45, 2.75) is 39.5 Å². The van der Waals surface area contributed by atoms with Gasteiger partial charge in [-0.1, -0.05) is 12.2 Å². The molecule has 0 radical (unpaired) electrons. The zero-order chi connectivity index (χ0) is 21.1. The number of aryl methyl sites for hydroxylation is 2. The van der Waals surface area contributed by atoms with Gasteiger partial charge in [-0.05, 0) is 51.4 Å². The van der Waals surface area contributed by atoms with Gasteiger partial charge in [0.1, 0.15) is 0 Å². The molecule has 3 aliphatic rings. The minimum absolute atomic E-state index is 0.0167. The predicted molar refractivity (Wildman–Crippen MR) is 118 cm³/mol. The number of thiazole rings is 1. The molecule has 30 heavy (non-hydrogen) atoms. The smallest absolute Gasteiger partial charge is 0.233 e. The Labute approximate surface area is 182 Å². The number of carbonyl (C=O) groups is 2. The van der Waals surface area contributed by atoms with Crippen molar-refractivity contribution in [1.29, 1.82) is 0 Å². The maximum Gasteiger partial charge on any atom is 0.233 e. The van der Waals surface area contributed by atoms with E-state index in [2.05, 4.69) is 38.1 Å². The van der Waals surface area contributed by atoms with Crippen LogP contribution in [-0.4, -0.2) is 53.8 Å². The largest absolute Gasteiger partial charge is 0.357 e. The molecule has 2 N–H and O–H groups in total. The van der Waals surface area contributed by atoms with Crippen molar-refractivity contribution in [2.75, 3.05) is 26.2 Å². The molecule has 162 valence electrons. The van der Waals surface area contributed by atoms with Crippen LogP contribution in [0.25, 0.3) is 0 Å². The zero-order valence-corrected chi connectivity index (χ0v) is 18.6. The third-order valence-electron chi connectivity index (χ3n) is 6.27. The summed E-state index contributed by atoms with van der Waals surface area (Å²) in [5.74, 6) is 1.07. The van der Waals surface area contributed by atoms with Crippen molar-refractivity contribution in [3.05, 3.63) is 28.2 Å². The monoisotopic (exact) mass is 429 g/mol. The van der Waals surface area contributed by atoms with E-state index < -0.39 is 0 Å². The van der Waals surface area contributed by atoms with E-state index in [1.807, 2.05) is 13.8 Å². The normalized spacial score (nSPS) is 27.3. The first-order valence-corrected chi connectivity index (χ1v) is 11.9. The van der Waals surface area contributed by atoms with Crippen molar-refractivity contribution < 1.29 is 9.59 Å². The second-order valence-corrected chi connectivity index (χ2v) is 9.30. The van der Waals surface area contributed by atoms with Gasteiger partial charge in [0.25, 0.3) is 0 Å². The summed E-state index contributed by atoms with van der Waals surface area (Å²) in [6.45, 7) is 6.47. The van der Waals surface area contributed by atoms with Gasteiger partial charge in [0.2, 0.25) is 11.8 Å². The maximum atomic E-state index is 12.7. The van der Waals surface area contributed by atoms with E-state index in [1.54, 1.807) is 11.3 Å². The molecular weight excluding hydrogens is 398 g/mol. The van der Waals surface area contributed by atoms with Crippen LogP contribution >= 0.6 is 11.3 Å². The number of aromatic nitrogens is 1. The first-order chi connectivity index (χ1) is 14.6. The number of fused-ring (bicyclic) bond motifs is 5. The standard InChI is InChI=1S/C22H31N5O2S/c1-3-23-22(24-9-5-4-6-17-26-14(2)13-30-17)25-10-11-27-20(28)18-15-7-8-16(12-15)19(18)21(27)29/h7-8,13,15-16,18-19H,3-6,9-12H2,1-2H3,(H2,23,24,25). The fraction of sp³-hybridized carbons (Fsp3) is 0.636. The number of unbranched alkanes of at least 4 members (excludes halogenated alkanes) is 1. The number of imide groups is 1. The van der Waals surface area contributed by atoms with Crippen molar-refractivity contribution in [2.24, 2.45) is 28.7 Å². The van der Waals surface area contributed by atoms with E-state index in [4.69, 9.17) is 0 Å². The summed E-state index contributed by atoms with van der Waals surface area (Å²) in [5.41, 5.74) is 1.09. The van der Waals surface area contributed by atoms with Gasteiger partial charge >= 0.3 is 0 Å². The molecule has 2 fully saturated rings. The Kier molecular flexibility index (Phi) is 6.51. The van der Waals surface area contributed by atoms with E-state index in [9.17, 15) is 9.59 Å². The summed E-state index contributed by atoms with van der Waals surface area (Å²) in [6, 6.07) is 0. The van der Waals surface area contributed by atoms with Gasteiger partial charge in [-0.25, -0.2) is 4.98 Å². The first kappa shape index (κ1) is 21.0. The summed E-state index contributed by atoms with van der Waals surface area (Å²) < 4.78 is 0. The summed E-state index contributed by atoms with van der Waals surface area (Å²) in [6.07, 6.45) is 8.28. The molecule has 4 rings (SSSR count). The molecule has 0 spiro atoms. The van der Waals surface area contributed by atoms with E-state index in [1.165, 1.54) is 9.91 Å². The Morgan fingerprint density at radius 2 is 1.93 bits per heavy atom. The molecule has 0 aromatic carbocycles. The number of allylic oxidation sites excluding steroid dienone is 2. The number of nitrogens with one attached hydrogen (secondary N) is 2. The number of aliphatic imine (C=N–C) groups is 1. The highest BCUT2D eigenvalue weighted by Gasteiger charge is 2.58. The fourth-order valence-corrected chi connectivity index (χ4v) is 5.73. The summed E-state index contributed by atoms with van der Waals surface area (Å²) in [4.78, 5) is 36.1. The second kappa shape index (κ2) is 9.29. The SMILES string of the molecule is CCNC(=NCCCCc1nc(C)cs1)NCCN1C(=O)C2C3C=CC(C3)C2C1=O. The molecule has 1 saturated carbocycles. The second-order valence-electron chi connectivity index (χ2n) is 8.36. The van der Waals surface area contributed by atoms with E-state index >= 15 is 0 Å². The average molecular weight is 430 g/mol. The lowest BCUT2D eigenvalue weighted by atomic mass is 9.85. The van der Waals surface area contributed by atoms with Crippen molar-refractivity contribution >= 4 is 29.1 Å². The van der Waals surface area contributed by atoms with E-state index in [0.717, 1.165) is 50.4 Å². The van der Waals surface area contributed by atoms with Gasteiger partial charge in [0.05, 0.1) is 16.8 Å². The number of amides is 2. The minimum Gasteiger partial charge on any atom is -0.357 e. The van der Waals surface area contributed by atoms with E-state index in [0.29, 0.717) is 13.1 Å². The van der Waals surface area contributed by atoms with Crippen LogP contribution in [0.3, 0.4) is 0 Å². The van der Waals surface area contributed by atoms with Gasteiger partial charge < -0.3 is 10.6 Å². The van der Waals surface area contributed by atoms with Crippen molar-refractivity contribution in [3.8, 4) is 0 Å². The van der Waals surface area contributed by atoms with Crippen LogP contribution in [0.15, 0.2) is 22.5 Å². The number of nitrogens with zero attached hydrogens (tertiary/aromatic N) is 3. The molecule has 1 aliphatic heterocycles. The lowest BCUT2D eigenvalue weighted by Crippen LogP contribution is -2.43. The van der Waals surface area contributed by atoms with E-state index in [-0.39, 0.29) is 35.5 Å². The van der Waals surface area contributed by atoms with Gasteiger partial charge in [-0.15, -0.1) is 11.3 Å². The quantitative estimate of drug-likeness (QED) is 0.206. The number of hydrogen-bond acceptors (Lipinski definition) is 5. The fourth-order valence-electron chi connectivity index (χ4n) is 4.91. The minimum atomic E-state index is -0.115. The van der Waals surface area contributed by atoms with Crippen LogP contribution in [-0.2, 0) is 16.0 Å². The van der Waals surface area contributed by atoms with Crippen LogP contribution in [0.2, 0.25) is 0 Å². The topological polar surface area (TPSA) is 86.7 Å². The van der Waals surface area contributed by atoms with Crippen LogP contribution < -0.4 is 10.6 Å². The van der Waals surface area contributed by atoms with Crippen molar-refractivity contribution in [1.82, 2.24) is 20.5 Å². The van der Waals surface area contributed by atoms with Gasteiger partial charge in [-0.3, -0.25) is 19.5 Å². The highest BCUT2D eigenvalue weighted by Crippen LogP contribution is 2.52. The number of likely N-dealkylation sites (tertiary alicyclic amines) is 1. The summed E-state index contributed by atoms with van der Waals surface area (Å²) >= 11 is 1.72. The maximum absolute atomic E-state index is 12.7. The lowest BCUT2D eigenvalue weighted by Gasteiger charge is -2.18. The number of rotatable bonds is 9. The van der Waals surface area contributed by atoms with Gasteiger partial charge in [0.15, 0.2) is 5.96 Å². The number of hydrogen-bond donors (Lipinski definition) is 2. The molecule has 1 saturated heterocycles. The first-order valence-electron chi connectivity index (χ1n) is 11.0. The summed E-state index contributed by atoms with van der Waals surface area (Å²) in [5, 5.41) is 9.79. The third kappa shape index (κ3) is 4.29. The molecule has 1 aromatic rings. The molecule has 4 atom stereocenters. The predicted octanol–water partition coefficient (Wildman–Crippen LogP) is 2.14. The Morgan fingerprint density at radius 3 is 2.57 bits per heavy atom. The molecular formula is C22H31N5O2S. The highest BCUT2D eigenvalue weighted by atomic mass is 32.1. The molecule has 2 heterocycles. The Balaban J connectivity index is 1.21. The average Bonchev–Trinajstić information content (AvgIpc) is 3.49. The molecule has 2 aliphatic carbocycles. The molecule has 2 amide bonds. The number of carbonyl (C=O) groups excluding carboxylic acids is 2. The molecule has 7 nitrogen and oxygen atoms in total. The van der Waals surface area contributed by atoms with Crippen LogP contribution in [0.1, 0.15) is 36.9 Å². The molecule has 2 bridgehead atoms. The lowest BCUT2D eigenvalue weighted by molar-refractivity contribution is -0.140. The Bertz CT molecular complexity index is 818. The van der Waals surface area contributed by atoms with Crippen molar-refractivity contribution in [3.63, 3.8) is 0 Å². The molecule has 8 heteroatoms. The molecule has 1 aromatic heterocycles. The Morgan fingerprint density at radius 1 is 1.20 bits per heavy atom. The van der Waals surface area contributed by atoms with Crippen LogP contribution in [0.5, 0.6) is 0 Å². The number of guanidine groups is 1. The third-order valence-corrected chi connectivity index (χ3v) is 7.30. The van der Waals surface area contributed by atoms with Gasteiger partial charge in [-0.2, -0.15) is 0 Å².